The van der Waals surface area contributed by atoms with E-state index in [-0.39, 0.29) is 0 Å². The van der Waals surface area contributed by atoms with E-state index in [0.717, 1.165) is 24.4 Å². The van der Waals surface area contributed by atoms with Crippen LogP contribution in [0.1, 0.15) is 31.2 Å². The predicted molar refractivity (Wildman–Crippen MR) is 88.2 cm³/mol. The fraction of sp³-hybridized carbons (Fsp3) is 0.625. The average molecular weight is 302 g/mol. The maximum absolute atomic E-state index is 4.61. The van der Waals surface area contributed by atoms with Crippen LogP contribution in [0.5, 0.6) is 0 Å². The maximum atomic E-state index is 4.61. The van der Waals surface area contributed by atoms with Crippen molar-refractivity contribution < 1.29 is 0 Å². The molecule has 1 unspecified atom stereocenters. The fourth-order valence-corrected chi connectivity index (χ4v) is 4.75. The van der Waals surface area contributed by atoms with Crippen molar-refractivity contribution in [1.82, 2.24) is 14.9 Å². The van der Waals surface area contributed by atoms with Gasteiger partial charge in [-0.25, -0.2) is 9.97 Å². The van der Waals surface area contributed by atoms with Crippen molar-refractivity contribution in [2.45, 2.75) is 38.6 Å². The Bertz CT molecular complexity index is 632. The quantitative estimate of drug-likeness (QED) is 0.853. The minimum Gasteiger partial charge on any atom is -0.354 e. The highest BCUT2D eigenvalue weighted by molar-refractivity contribution is 7.18. The van der Waals surface area contributed by atoms with Gasteiger partial charge in [-0.3, -0.25) is 4.90 Å². The van der Waals surface area contributed by atoms with Crippen LogP contribution in [-0.2, 0) is 0 Å². The zero-order valence-electron chi connectivity index (χ0n) is 12.6. The van der Waals surface area contributed by atoms with Gasteiger partial charge in [0.25, 0.3) is 0 Å². The number of hydrogen-bond donors (Lipinski definition) is 0. The van der Waals surface area contributed by atoms with Crippen molar-refractivity contribution in [3.05, 3.63) is 17.3 Å². The van der Waals surface area contributed by atoms with E-state index in [1.165, 1.54) is 49.0 Å². The van der Waals surface area contributed by atoms with Gasteiger partial charge in [0.1, 0.15) is 12.1 Å². The number of fused-ring (bicyclic) bond motifs is 1. The Morgan fingerprint density at radius 3 is 2.86 bits per heavy atom. The van der Waals surface area contributed by atoms with E-state index >= 15 is 0 Å². The molecule has 2 aliphatic rings. The molecule has 0 aromatic carbocycles. The molecule has 2 aliphatic heterocycles. The lowest BCUT2D eigenvalue weighted by Crippen LogP contribution is -2.47. The first-order valence-electron chi connectivity index (χ1n) is 8.01. The zero-order chi connectivity index (χ0) is 14.2. The van der Waals surface area contributed by atoms with E-state index in [1.54, 1.807) is 17.7 Å². The van der Waals surface area contributed by atoms with Crippen LogP contribution < -0.4 is 4.90 Å². The van der Waals surface area contributed by atoms with E-state index < -0.39 is 0 Å². The summed E-state index contributed by atoms with van der Waals surface area (Å²) in [5, 5.41) is 2.20. The number of hydrogen-bond acceptors (Lipinski definition) is 5. The lowest BCUT2D eigenvalue weighted by atomic mass is 10.0. The Kier molecular flexibility index (Phi) is 3.55. The molecule has 2 aromatic heterocycles. The van der Waals surface area contributed by atoms with Gasteiger partial charge < -0.3 is 4.90 Å². The highest BCUT2D eigenvalue weighted by atomic mass is 32.1. The van der Waals surface area contributed by atoms with Crippen molar-refractivity contribution in [2.24, 2.45) is 0 Å². The SMILES string of the molecule is Cc1csc2c(N3CCCC(N4CCCC4)C3)ncnc12. The van der Waals surface area contributed by atoms with Crippen molar-refractivity contribution in [3.8, 4) is 0 Å². The molecule has 1 atom stereocenters. The molecule has 4 nitrogen and oxygen atoms in total. The second kappa shape index (κ2) is 5.54. The summed E-state index contributed by atoms with van der Waals surface area (Å²) in [6, 6.07) is 0.715. The van der Waals surface area contributed by atoms with Crippen LogP contribution in [0.3, 0.4) is 0 Å². The van der Waals surface area contributed by atoms with Crippen LogP contribution in [0.2, 0.25) is 0 Å². The van der Waals surface area contributed by atoms with Gasteiger partial charge >= 0.3 is 0 Å². The number of anilines is 1. The summed E-state index contributed by atoms with van der Waals surface area (Å²) in [6.07, 6.45) is 7.10. The number of nitrogens with zero attached hydrogens (tertiary/aromatic N) is 4. The van der Waals surface area contributed by atoms with Crippen molar-refractivity contribution in [1.29, 1.82) is 0 Å². The average Bonchev–Trinajstić information content (AvgIpc) is 3.18. The van der Waals surface area contributed by atoms with E-state index in [0.29, 0.717) is 6.04 Å². The largest absolute Gasteiger partial charge is 0.354 e. The van der Waals surface area contributed by atoms with Gasteiger partial charge in [0.2, 0.25) is 0 Å². The first kappa shape index (κ1) is 13.5. The Labute approximate surface area is 129 Å². The second-order valence-electron chi connectivity index (χ2n) is 6.28. The van der Waals surface area contributed by atoms with Gasteiger partial charge in [-0.05, 0) is 56.6 Å². The van der Waals surface area contributed by atoms with E-state index in [4.69, 9.17) is 0 Å². The normalized spacial score (nSPS) is 24.0. The summed E-state index contributed by atoms with van der Waals surface area (Å²) in [6.45, 7) is 6.97. The lowest BCUT2D eigenvalue weighted by molar-refractivity contribution is 0.215. The van der Waals surface area contributed by atoms with E-state index in [9.17, 15) is 0 Å². The van der Waals surface area contributed by atoms with Crippen molar-refractivity contribution >= 4 is 27.4 Å². The Morgan fingerprint density at radius 2 is 2.00 bits per heavy atom. The third kappa shape index (κ3) is 2.42. The highest BCUT2D eigenvalue weighted by Crippen LogP contribution is 2.33. The molecule has 0 N–H and O–H groups in total. The molecule has 0 bridgehead atoms. The van der Waals surface area contributed by atoms with E-state index in [2.05, 4.69) is 32.1 Å². The smallest absolute Gasteiger partial charge is 0.150 e. The molecule has 2 saturated heterocycles. The first-order chi connectivity index (χ1) is 10.3. The Morgan fingerprint density at radius 1 is 1.14 bits per heavy atom. The summed E-state index contributed by atoms with van der Waals surface area (Å²) < 4.78 is 1.26. The molecule has 2 fully saturated rings. The predicted octanol–water partition coefficient (Wildman–Crippen LogP) is 3.06. The fourth-order valence-electron chi connectivity index (χ4n) is 3.73. The van der Waals surface area contributed by atoms with Gasteiger partial charge in [-0.2, -0.15) is 0 Å². The van der Waals surface area contributed by atoms with Crippen LogP contribution in [0, 0.1) is 6.92 Å². The summed E-state index contributed by atoms with van der Waals surface area (Å²) in [5.74, 6) is 1.15. The number of piperidine rings is 1. The van der Waals surface area contributed by atoms with Gasteiger partial charge in [0, 0.05) is 19.1 Å². The lowest BCUT2D eigenvalue weighted by Gasteiger charge is -2.38. The number of aryl methyl sites for hydroxylation is 1. The minimum absolute atomic E-state index is 0.715. The van der Waals surface area contributed by atoms with Crippen LogP contribution in [0.15, 0.2) is 11.7 Å². The molecule has 0 saturated carbocycles. The molecular formula is C16H22N4S. The summed E-state index contributed by atoms with van der Waals surface area (Å²) >= 11 is 1.79. The van der Waals surface area contributed by atoms with Crippen LogP contribution >= 0.6 is 11.3 Å². The minimum atomic E-state index is 0.715. The third-order valence-corrected chi connectivity index (χ3v) is 5.95. The molecule has 4 rings (SSSR count). The highest BCUT2D eigenvalue weighted by Gasteiger charge is 2.28. The third-order valence-electron chi connectivity index (χ3n) is 4.87. The molecule has 0 aliphatic carbocycles. The summed E-state index contributed by atoms with van der Waals surface area (Å²) in [4.78, 5) is 14.2. The van der Waals surface area contributed by atoms with Crippen LogP contribution in [0.4, 0.5) is 5.82 Å². The number of likely N-dealkylation sites (tertiary alicyclic amines) is 1. The molecule has 21 heavy (non-hydrogen) atoms. The Hall–Kier alpha value is -1.20. The maximum Gasteiger partial charge on any atom is 0.150 e. The Balaban J connectivity index is 1.62. The van der Waals surface area contributed by atoms with Gasteiger partial charge in [0.05, 0.1) is 10.2 Å². The standard InChI is InChI=1S/C16H22N4S/c1-12-10-21-15-14(12)17-11-18-16(15)20-8-4-5-13(9-20)19-6-2-3-7-19/h10-11,13H,2-9H2,1H3. The van der Waals surface area contributed by atoms with E-state index in [1.807, 2.05) is 0 Å². The zero-order valence-corrected chi connectivity index (χ0v) is 13.4. The molecule has 112 valence electrons. The monoisotopic (exact) mass is 302 g/mol. The first-order valence-corrected chi connectivity index (χ1v) is 8.88. The number of aromatic nitrogens is 2. The van der Waals surface area contributed by atoms with Gasteiger partial charge in [-0.1, -0.05) is 0 Å². The molecule has 0 amide bonds. The molecule has 0 radical (unpaired) electrons. The van der Waals surface area contributed by atoms with Gasteiger partial charge in [-0.15, -0.1) is 11.3 Å². The van der Waals surface area contributed by atoms with Crippen molar-refractivity contribution in [3.63, 3.8) is 0 Å². The van der Waals surface area contributed by atoms with Crippen molar-refractivity contribution in [2.75, 3.05) is 31.1 Å². The second-order valence-corrected chi connectivity index (χ2v) is 7.16. The number of rotatable bonds is 2. The van der Waals surface area contributed by atoms with Crippen LogP contribution in [0.25, 0.3) is 10.2 Å². The summed E-state index contributed by atoms with van der Waals surface area (Å²) in [5.41, 5.74) is 2.40. The topological polar surface area (TPSA) is 32.3 Å². The summed E-state index contributed by atoms with van der Waals surface area (Å²) in [7, 11) is 0. The molecule has 0 spiro atoms. The molecule has 2 aromatic rings. The van der Waals surface area contributed by atoms with Crippen LogP contribution in [-0.4, -0.2) is 47.1 Å². The van der Waals surface area contributed by atoms with Gasteiger partial charge in [0.15, 0.2) is 0 Å². The molecular weight excluding hydrogens is 280 g/mol. The molecule has 5 heteroatoms. The molecule has 4 heterocycles. The number of thiophene rings is 1.